The van der Waals surface area contributed by atoms with Crippen LogP contribution in [0.4, 0.5) is 0 Å². The van der Waals surface area contributed by atoms with Crippen LogP contribution in [0, 0.1) is 0 Å². The lowest BCUT2D eigenvalue weighted by atomic mass is 9.68. The number of benzene rings is 11. The molecule has 2 aliphatic carbocycles. The molecule has 0 fully saturated rings. The molecule has 0 nitrogen and oxygen atoms in total. The first-order valence-corrected chi connectivity index (χ1v) is 19.4. The molecule has 0 radical (unpaired) electrons. The van der Waals surface area contributed by atoms with Gasteiger partial charge in [-0.2, -0.15) is 0 Å². The highest BCUT2D eigenvalue weighted by molar-refractivity contribution is 6.28. The lowest BCUT2D eigenvalue weighted by Crippen LogP contribution is -2.26. The molecule has 0 saturated heterocycles. The summed E-state index contributed by atoms with van der Waals surface area (Å²) in [6.45, 7) is 0. The fourth-order valence-electron chi connectivity index (χ4n) is 11.0. The van der Waals surface area contributed by atoms with E-state index in [4.69, 9.17) is 0 Å². The minimum absolute atomic E-state index is 0.513. The summed E-state index contributed by atoms with van der Waals surface area (Å²) in [6, 6.07) is 73.3. The molecule has 0 amide bonds. The molecule has 0 aliphatic heterocycles. The van der Waals surface area contributed by atoms with Crippen molar-refractivity contribution in [2.75, 3.05) is 0 Å². The molecule has 0 bridgehead atoms. The van der Waals surface area contributed by atoms with Crippen LogP contribution in [0.2, 0.25) is 0 Å². The van der Waals surface area contributed by atoms with Crippen molar-refractivity contribution >= 4 is 64.6 Å². The standard InChI is InChI=1S/C55H32/c1-2-16-35-33(15-1)31-47(39-20-4-3-17-36(35)39)34-29-30-46-48(32-34)40-21-6-9-25-44(40)52-51-43-24-8-5-18-37(43)38-19-7-10-26-45(38)53(51)55(54(46)52)49-27-13-11-22-41(49)42-23-12-14-28-50(42)55/h1-32H. The van der Waals surface area contributed by atoms with E-state index in [1.165, 1.54) is 120 Å². The van der Waals surface area contributed by atoms with Crippen LogP contribution < -0.4 is 0 Å². The van der Waals surface area contributed by atoms with Crippen LogP contribution in [-0.4, -0.2) is 0 Å². The number of rotatable bonds is 1. The van der Waals surface area contributed by atoms with Crippen molar-refractivity contribution in [1.29, 1.82) is 0 Å². The van der Waals surface area contributed by atoms with Gasteiger partial charge in [-0.05, 0) is 132 Å². The third-order valence-corrected chi connectivity index (χ3v) is 13.0. The lowest BCUT2D eigenvalue weighted by molar-refractivity contribution is 0.810. The summed E-state index contributed by atoms with van der Waals surface area (Å²) in [5.74, 6) is 0. The van der Waals surface area contributed by atoms with Gasteiger partial charge in [-0.25, -0.2) is 0 Å². The van der Waals surface area contributed by atoms with Crippen molar-refractivity contribution in [3.63, 3.8) is 0 Å². The van der Waals surface area contributed by atoms with Crippen molar-refractivity contribution in [3.05, 3.63) is 216 Å². The first-order valence-electron chi connectivity index (χ1n) is 19.4. The third-order valence-electron chi connectivity index (χ3n) is 13.0. The summed E-state index contributed by atoms with van der Waals surface area (Å²) in [7, 11) is 0. The van der Waals surface area contributed by atoms with E-state index in [9.17, 15) is 0 Å². The van der Waals surface area contributed by atoms with Gasteiger partial charge >= 0.3 is 0 Å². The Kier molecular flexibility index (Phi) is 5.65. The molecule has 55 heavy (non-hydrogen) atoms. The van der Waals surface area contributed by atoms with Crippen LogP contribution in [0.25, 0.3) is 98.0 Å². The van der Waals surface area contributed by atoms with Crippen LogP contribution in [-0.2, 0) is 5.41 Å². The maximum Gasteiger partial charge on any atom is 0.0738 e. The maximum atomic E-state index is 2.49. The van der Waals surface area contributed by atoms with Crippen molar-refractivity contribution in [2.24, 2.45) is 0 Å². The number of hydrogen-bond donors (Lipinski definition) is 0. The molecule has 2 aliphatic rings. The Labute approximate surface area is 318 Å². The van der Waals surface area contributed by atoms with Crippen molar-refractivity contribution in [3.8, 4) is 33.4 Å². The van der Waals surface area contributed by atoms with Gasteiger partial charge in [0, 0.05) is 0 Å². The van der Waals surface area contributed by atoms with Gasteiger partial charge in [0.15, 0.2) is 0 Å². The molecular weight excluding hydrogens is 661 g/mol. The average Bonchev–Trinajstić information content (AvgIpc) is 3.75. The Bertz CT molecular complexity index is 3440. The summed E-state index contributed by atoms with van der Waals surface area (Å²) in [5, 5.41) is 15.6. The van der Waals surface area contributed by atoms with E-state index in [0.717, 1.165) is 0 Å². The summed E-state index contributed by atoms with van der Waals surface area (Å²) >= 11 is 0. The largest absolute Gasteiger partial charge is 0.0738 e. The molecule has 0 aromatic heterocycles. The molecule has 0 saturated carbocycles. The topological polar surface area (TPSA) is 0 Å². The highest BCUT2D eigenvalue weighted by Gasteiger charge is 2.54. The van der Waals surface area contributed by atoms with Gasteiger partial charge in [0.05, 0.1) is 5.41 Å². The minimum Gasteiger partial charge on any atom is -0.0619 e. The molecule has 0 heterocycles. The second-order valence-corrected chi connectivity index (χ2v) is 15.4. The minimum atomic E-state index is -0.513. The van der Waals surface area contributed by atoms with Crippen LogP contribution in [0.3, 0.4) is 0 Å². The van der Waals surface area contributed by atoms with Gasteiger partial charge < -0.3 is 0 Å². The van der Waals surface area contributed by atoms with Crippen molar-refractivity contribution in [2.45, 2.75) is 5.41 Å². The van der Waals surface area contributed by atoms with Gasteiger partial charge in [0.25, 0.3) is 0 Å². The lowest BCUT2D eigenvalue weighted by Gasteiger charge is -2.33. The summed E-state index contributed by atoms with van der Waals surface area (Å²) in [4.78, 5) is 0. The average molecular weight is 693 g/mol. The molecule has 0 heteroatoms. The Morgan fingerprint density at radius 3 is 1.29 bits per heavy atom. The van der Waals surface area contributed by atoms with E-state index >= 15 is 0 Å². The van der Waals surface area contributed by atoms with E-state index in [0.29, 0.717) is 0 Å². The van der Waals surface area contributed by atoms with Crippen molar-refractivity contribution in [1.82, 2.24) is 0 Å². The Hall–Kier alpha value is -7.02. The summed E-state index contributed by atoms with van der Waals surface area (Å²) in [6.07, 6.45) is 0. The molecule has 11 aromatic carbocycles. The van der Waals surface area contributed by atoms with E-state index in [-0.39, 0.29) is 0 Å². The highest BCUT2D eigenvalue weighted by atomic mass is 14.5. The van der Waals surface area contributed by atoms with E-state index < -0.39 is 5.41 Å². The smallest absolute Gasteiger partial charge is 0.0619 e. The van der Waals surface area contributed by atoms with Gasteiger partial charge in [0.2, 0.25) is 0 Å². The van der Waals surface area contributed by atoms with E-state index in [1.807, 2.05) is 0 Å². The van der Waals surface area contributed by atoms with Crippen LogP contribution in [0.5, 0.6) is 0 Å². The van der Waals surface area contributed by atoms with Crippen LogP contribution >= 0.6 is 0 Å². The molecule has 1 spiro atoms. The second kappa shape index (κ2) is 10.6. The predicted octanol–water partition coefficient (Wildman–Crippen LogP) is 14.6. The first-order chi connectivity index (χ1) is 27.3. The summed E-state index contributed by atoms with van der Waals surface area (Å²) < 4.78 is 0. The maximum absolute atomic E-state index is 2.49. The highest BCUT2D eigenvalue weighted by Crippen LogP contribution is 2.67. The monoisotopic (exact) mass is 692 g/mol. The van der Waals surface area contributed by atoms with Gasteiger partial charge in [-0.3, -0.25) is 0 Å². The third kappa shape index (κ3) is 3.58. The zero-order valence-corrected chi connectivity index (χ0v) is 30.0. The Morgan fingerprint density at radius 1 is 0.255 bits per heavy atom. The van der Waals surface area contributed by atoms with Crippen LogP contribution in [0.15, 0.2) is 194 Å². The van der Waals surface area contributed by atoms with E-state index in [1.54, 1.807) is 0 Å². The number of hydrogen-bond acceptors (Lipinski definition) is 0. The van der Waals surface area contributed by atoms with Crippen molar-refractivity contribution < 1.29 is 0 Å². The second-order valence-electron chi connectivity index (χ2n) is 15.4. The van der Waals surface area contributed by atoms with Gasteiger partial charge in [0.1, 0.15) is 0 Å². The van der Waals surface area contributed by atoms with Gasteiger partial charge in [-0.15, -0.1) is 0 Å². The van der Waals surface area contributed by atoms with Crippen LogP contribution in [0.1, 0.15) is 22.3 Å². The zero-order valence-electron chi connectivity index (χ0n) is 30.0. The molecule has 0 unspecified atom stereocenters. The summed E-state index contributed by atoms with van der Waals surface area (Å²) in [5.41, 5.74) is 13.0. The van der Waals surface area contributed by atoms with Gasteiger partial charge in [-0.1, -0.05) is 182 Å². The normalized spacial score (nSPS) is 13.6. The van der Waals surface area contributed by atoms with E-state index in [2.05, 4.69) is 194 Å². The zero-order chi connectivity index (χ0) is 35.8. The molecular formula is C55H32. The Balaban J connectivity index is 1.26. The fraction of sp³-hybridized carbons (Fsp3) is 0.0182. The molecule has 0 N–H and O–H groups in total. The first kappa shape index (κ1) is 29.4. The molecule has 11 aromatic rings. The Morgan fingerprint density at radius 2 is 0.673 bits per heavy atom. The molecule has 13 rings (SSSR count). The molecule has 252 valence electrons. The quantitative estimate of drug-likeness (QED) is 0.150. The molecule has 0 atom stereocenters. The number of fused-ring (bicyclic) bond motifs is 23. The predicted molar refractivity (Wildman–Crippen MR) is 233 cm³/mol. The SMILES string of the molecule is c1ccc2c(c1)-c1ccccc1C21c2c(c3ccccc3c3ccccc23)-c2c1c1ccc(-c3cc4ccccc4c4ccccc34)cc1c1ccccc21. The fourth-order valence-corrected chi connectivity index (χ4v) is 11.0.